The van der Waals surface area contributed by atoms with Crippen molar-refractivity contribution in [1.29, 1.82) is 0 Å². The van der Waals surface area contributed by atoms with Crippen LogP contribution in [-0.4, -0.2) is 11.7 Å². The van der Waals surface area contributed by atoms with Crippen LogP contribution in [0.5, 0.6) is 0 Å². The van der Waals surface area contributed by atoms with Crippen molar-refractivity contribution in [3.63, 3.8) is 0 Å². The number of nitrogens with two attached hydrogens (primary N) is 3. The summed E-state index contributed by atoms with van der Waals surface area (Å²) in [5.74, 6) is -0.339. The molecule has 0 aromatic carbocycles. The van der Waals surface area contributed by atoms with Gasteiger partial charge in [-0.3, -0.25) is 9.59 Å². The first-order chi connectivity index (χ1) is 8.40. The second-order valence-corrected chi connectivity index (χ2v) is 5.23. The molecule has 0 aliphatic heterocycles. The van der Waals surface area contributed by atoms with Gasteiger partial charge in [-0.1, -0.05) is 7.43 Å². The Hall–Kier alpha value is -1.86. The van der Waals surface area contributed by atoms with Crippen molar-refractivity contribution in [1.82, 2.24) is 0 Å². The first kappa shape index (κ1) is 17.1. The highest BCUT2D eigenvalue weighted by Gasteiger charge is 2.01. The van der Waals surface area contributed by atoms with Crippen LogP contribution in [0.1, 0.15) is 33.7 Å². The topological polar surface area (TPSA) is 112 Å². The average Bonchev–Trinajstić information content (AvgIpc) is 2.88. The molecule has 0 spiro atoms. The van der Waals surface area contributed by atoms with Crippen LogP contribution in [0, 0.1) is 0 Å². The fraction of sp³-hybridized carbons (Fsp3) is 0.167. The fourth-order valence-electron chi connectivity index (χ4n) is 1.02. The normalized spacial score (nSPS) is 8.89. The van der Waals surface area contributed by atoms with Crippen LogP contribution in [0.3, 0.4) is 0 Å². The van der Waals surface area contributed by atoms with Crippen molar-refractivity contribution in [3.05, 3.63) is 32.6 Å². The van der Waals surface area contributed by atoms with Crippen molar-refractivity contribution >= 4 is 45.7 Å². The Kier molecular flexibility index (Phi) is 6.81. The lowest BCUT2D eigenvalue weighted by atomic mass is 10.3. The molecule has 0 fully saturated rings. The van der Waals surface area contributed by atoms with E-state index in [0.717, 1.165) is 4.88 Å². The molecule has 1 amide bonds. The number of amides is 1. The highest BCUT2D eigenvalue weighted by Crippen LogP contribution is 2.16. The summed E-state index contributed by atoms with van der Waals surface area (Å²) in [6, 6.07) is 3.25. The van der Waals surface area contributed by atoms with Crippen LogP contribution >= 0.6 is 22.7 Å². The van der Waals surface area contributed by atoms with E-state index in [1.165, 1.54) is 29.6 Å². The molecule has 5 nitrogen and oxygen atoms in total. The number of thiophene rings is 2. The zero-order valence-corrected chi connectivity index (χ0v) is 11.3. The maximum atomic E-state index is 10.6. The van der Waals surface area contributed by atoms with E-state index in [-0.39, 0.29) is 13.2 Å². The van der Waals surface area contributed by atoms with Gasteiger partial charge in [0.05, 0.1) is 9.75 Å². The Morgan fingerprint density at radius 1 is 1.00 bits per heavy atom. The van der Waals surface area contributed by atoms with E-state index in [0.29, 0.717) is 16.3 Å². The first-order valence-electron chi connectivity index (χ1n) is 4.89. The minimum Gasteiger partial charge on any atom is -0.398 e. The maximum Gasteiger partial charge on any atom is 0.258 e. The Morgan fingerprint density at radius 3 is 1.58 bits per heavy atom. The van der Waals surface area contributed by atoms with Crippen LogP contribution in [0.4, 0.5) is 11.4 Å². The number of hydrogen-bond donors (Lipinski definition) is 3. The van der Waals surface area contributed by atoms with Crippen molar-refractivity contribution in [3.8, 4) is 0 Å². The molecule has 19 heavy (non-hydrogen) atoms. The molecule has 0 radical (unpaired) electrons. The Balaban J connectivity index is 0.000000324. The van der Waals surface area contributed by atoms with Gasteiger partial charge < -0.3 is 17.2 Å². The number of primary amides is 1. The molecule has 0 bridgehead atoms. The molecule has 0 aliphatic rings. The largest absolute Gasteiger partial charge is 0.398 e. The van der Waals surface area contributed by atoms with E-state index in [1.54, 1.807) is 22.9 Å². The van der Waals surface area contributed by atoms with E-state index in [2.05, 4.69) is 0 Å². The van der Waals surface area contributed by atoms with E-state index >= 15 is 0 Å². The van der Waals surface area contributed by atoms with Gasteiger partial charge in [-0.15, -0.1) is 22.7 Å². The van der Waals surface area contributed by atoms with Gasteiger partial charge in [0.2, 0.25) is 0 Å². The molecule has 2 rings (SSSR count). The fourth-order valence-corrected chi connectivity index (χ4v) is 2.37. The summed E-state index contributed by atoms with van der Waals surface area (Å²) in [6.07, 6.45) is 0. The SMILES string of the molecule is C.CC(=O)c1cc(N)cs1.NC(=O)c1cc(N)cs1. The van der Waals surface area contributed by atoms with E-state index in [1.807, 2.05) is 0 Å². The number of anilines is 2. The van der Waals surface area contributed by atoms with Gasteiger partial charge in [-0.05, 0) is 19.1 Å². The smallest absolute Gasteiger partial charge is 0.258 e. The lowest BCUT2D eigenvalue weighted by Crippen LogP contribution is -2.08. The van der Waals surface area contributed by atoms with Crippen molar-refractivity contribution in [2.45, 2.75) is 14.4 Å². The average molecular weight is 299 g/mol. The van der Waals surface area contributed by atoms with E-state index in [9.17, 15) is 9.59 Å². The molecule has 2 aromatic rings. The van der Waals surface area contributed by atoms with Gasteiger partial charge in [-0.2, -0.15) is 0 Å². The summed E-state index contributed by atoms with van der Waals surface area (Å²) < 4.78 is 0. The monoisotopic (exact) mass is 299 g/mol. The second kappa shape index (κ2) is 7.55. The lowest BCUT2D eigenvalue weighted by molar-refractivity contribution is 0.1000. The van der Waals surface area contributed by atoms with Crippen molar-refractivity contribution in [2.75, 3.05) is 11.5 Å². The third kappa shape index (κ3) is 5.54. The van der Waals surface area contributed by atoms with Crippen LogP contribution in [0.2, 0.25) is 0 Å². The molecule has 0 atom stereocenters. The van der Waals surface area contributed by atoms with Gasteiger partial charge in [0, 0.05) is 22.1 Å². The third-order valence-electron chi connectivity index (χ3n) is 1.83. The molecule has 6 N–H and O–H groups in total. The number of carbonyl (C=O) groups excluding carboxylic acids is 2. The molecule has 2 aromatic heterocycles. The predicted octanol–water partition coefficient (Wildman–Crippen LogP) is 2.60. The molecule has 0 aliphatic carbocycles. The number of ketones is 1. The predicted molar refractivity (Wildman–Crippen MR) is 82.7 cm³/mol. The highest BCUT2D eigenvalue weighted by molar-refractivity contribution is 7.12. The maximum absolute atomic E-state index is 10.6. The van der Waals surface area contributed by atoms with Gasteiger partial charge in [-0.25, -0.2) is 0 Å². The van der Waals surface area contributed by atoms with Crippen LogP contribution in [-0.2, 0) is 0 Å². The Morgan fingerprint density at radius 2 is 1.42 bits per heavy atom. The summed E-state index contributed by atoms with van der Waals surface area (Å²) in [5.41, 5.74) is 16.9. The first-order valence-corrected chi connectivity index (χ1v) is 6.65. The second-order valence-electron chi connectivity index (χ2n) is 3.41. The van der Waals surface area contributed by atoms with Gasteiger partial charge in [0.1, 0.15) is 0 Å². The molecule has 0 saturated carbocycles. The number of nitrogen functional groups attached to an aromatic ring is 2. The van der Waals surface area contributed by atoms with Gasteiger partial charge >= 0.3 is 0 Å². The minimum absolute atomic E-state index is 0. The zero-order chi connectivity index (χ0) is 13.7. The number of carbonyl (C=O) groups is 2. The number of rotatable bonds is 2. The highest BCUT2D eigenvalue weighted by atomic mass is 32.1. The summed E-state index contributed by atoms with van der Waals surface area (Å²) >= 11 is 2.64. The molecular weight excluding hydrogens is 282 g/mol. The standard InChI is InChI=1S/C6H7NOS.C5H6N2OS.CH4/c1-4(8)6-2-5(7)3-9-6;6-3-1-4(5(7)8)9-2-3;/h2-3H,7H2,1H3;1-2H,6H2,(H2,7,8);1H4. The Labute approximate surface area is 120 Å². The van der Waals surface area contributed by atoms with Gasteiger partial charge in [0.25, 0.3) is 5.91 Å². The third-order valence-corrected chi connectivity index (χ3v) is 3.84. The molecule has 7 heteroatoms. The number of Topliss-reactive ketones (excluding diaryl/α,β-unsaturated/α-hetero) is 1. The van der Waals surface area contributed by atoms with E-state index in [4.69, 9.17) is 17.2 Å². The van der Waals surface area contributed by atoms with Crippen LogP contribution in [0.15, 0.2) is 22.9 Å². The van der Waals surface area contributed by atoms with E-state index < -0.39 is 5.91 Å². The molecule has 2 heterocycles. The summed E-state index contributed by atoms with van der Waals surface area (Å²) in [5, 5.41) is 3.44. The molecular formula is C12H17N3O2S2. The van der Waals surface area contributed by atoms with Crippen molar-refractivity contribution < 1.29 is 9.59 Å². The van der Waals surface area contributed by atoms with Gasteiger partial charge in [0.15, 0.2) is 5.78 Å². The van der Waals surface area contributed by atoms with Crippen LogP contribution in [0.25, 0.3) is 0 Å². The quantitative estimate of drug-likeness (QED) is 0.740. The van der Waals surface area contributed by atoms with Crippen molar-refractivity contribution in [2.24, 2.45) is 5.73 Å². The minimum atomic E-state index is -0.420. The number of hydrogen-bond acceptors (Lipinski definition) is 6. The molecule has 104 valence electrons. The summed E-state index contributed by atoms with van der Waals surface area (Å²) in [7, 11) is 0. The Bertz CT molecular complexity index is 511. The molecule has 0 unspecified atom stereocenters. The lowest BCUT2D eigenvalue weighted by Gasteiger charge is -1.81. The summed E-state index contributed by atoms with van der Waals surface area (Å²) in [6.45, 7) is 1.53. The zero-order valence-electron chi connectivity index (χ0n) is 9.67. The molecule has 0 saturated heterocycles. The van der Waals surface area contributed by atoms with Crippen LogP contribution < -0.4 is 17.2 Å². The summed E-state index contributed by atoms with van der Waals surface area (Å²) in [4.78, 5) is 22.2.